The molecule has 1 N–H and O–H groups in total. The molecule has 0 radical (unpaired) electrons. The van der Waals surface area contributed by atoms with Crippen LogP contribution in [0.5, 0.6) is 0 Å². The van der Waals surface area contributed by atoms with Crippen molar-refractivity contribution in [2.24, 2.45) is 5.41 Å². The zero-order valence-corrected chi connectivity index (χ0v) is 23.0. The van der Waals surface area contributed by atoms with Crippen LogP contribution in [0, 0.1) is 5.41 Å². The zero-order chi connectivity index (χ0) is 25.6. The molecule has 3 fully saturated rings. The van der Waals surface area contributed by atoms with Crippen LogP contribution in [0.1, 0.15) is 62.0 Å². The van der Waals surface area contributed by atoms with Gasteiger partial charge in [0.25, 0.3) is 0 Å². The van der Waals surface area contributed by atoms with E-state index >= 15 is 0 Å². The Bertz CT molecular complexity index is 1320. The van der Waals surface area contributed by atoms with E-state index in [1.165, 1.54) is 36.2 Å². The number of piperidine rings is 1. The number of amides is 2. The summed E-state index contributed by atoms with van der Waals surface area (Å²) in [7, 11) is 0. The van der Waals surface area contributed by atoms with Gasteiger partial charge in [-0.3, -0.25) is 4.90 Å². The van der Waals surface area contributed by atoms with Crippen LogP contribution >= 0.6 is 23.2 Å². The van der Waals surface area contributed by atoms with E-state index in [-0.39, 0.29) is 11.4 Å². The molecule has 0 bridgehead atoms. The number of nitrogens with one attached hydrogen (secondary N) is 1. The maximum absolute atomic E-state index is 13.2. The van der Waals surface area contributed by atoms with E-state index in [0.717, 1.165) is 63.1 Å². The fourth-order valence-electron chi connectivity index (χ4n) is 6.36. The van der Waals surface area contributed by atoms with E-state index < -0.39 is 0 Å². The number of carbonyl (C=O) groups excluding carboxylic acids is 1. The molecule has 6 nitrogen and oxygen atoms in total. The molecule has 3 aliphatic rings. The lowest BCUT2D eigenvalue weighted by molar-refractivity contribution is 0.107. The van der Waals surface area contributed by atoms with E-state index in [1.54, 1.807) is 0 Å². The highest BCUT2D eigenvalue weighted by Gasteiger charge is 2.42. The van der Waals surface area contributed by atoms with Crippen molar-refractivity contribution in [1.29, 1.82) is 0 Å². The summed E-state index contributed by atoms with van der Waals surface area (Å²) in [5.74, 6) is 1.17. The van der Waals surface area contributed by atoms with E-state index in [1.807, 2.05) is 17.0 Å². The van der Waals surface area contributed by atoms with Crippen LogP contribution in [0.25, 0.3) is 11.0 Å². The third-order valence-electron chi connectivity index (χ3n) is 8.36. The van der Waals surface area contributed by atoms with Gasteiger partial charge in [0, 0.05) is 50.6 Å². The number of fused-ring (bicyclic) bond motifs is 1. The average Bonchev–Trinajstić information content (AvgIpc) is 3.57. The third kappa shape index (κ3) is 5.21. The first-order valence-electron chi connectivity index (χ1n) is 13.6. The smallest absolute Gasteiger partial charge is 0.317 e. The van der Waals surface area contributed by atoms with Gasteiger partial charge in [-0.05, 0) is 74.0 Å². The quantitative estimate of drug-likeness (QED) is 0.392. The van der Waals surface area contributed by atoms with Gasteiger partial charge in [-0.2, -0.15) is 0 Å². The van der Waals surface area contributed by atoms with Gasteiger partial charge in [-0.1, -0.05) is 42.3 Å². The van der Waals surface area contributed by atoms with Gasteiger partial charge in [0.05, 0.1) is 21.1 Å². The number of nitrogens with zero attached hydrogens (tertiary/aromatic N) is 4. The number of halogens is 2. The van der Waals surface area contributed by atoms with Gasteiger partial charge in [-0.25, -0.2) is 9.78 Å². The maximum atomic E-state index is 13.2. The number of aryl methyl sites for hydroxylation is 1. The molecular formula is C29H35Cl2N5O. The van der Waals surface area contributed by atoms with Crippen LogP contribution in [0.2, 0.25) is 10.0 Å². The lowest BCUT2D eigenvalue weighted by atomic mass is 9.79. The number of likely N-dealkylation sites (tertiary alicyclic amines) is 2. The molecule has 1 aliphatic carbocycles. The Kier molecular flexibility index (Phi) is 6.85. The zero-order valence-electron chi connectivity index (χ0n) is 21.5. The summed E-state index contributed by atoms with van der Waals surface area (Å²) in [5.41, 5.74) is 4.72. The van der Waals surface area contributed by atoms with Gasteiger partial charge >= 0.3 is 6.03 Å². The summed E-state index contributed by atoms with van der Waals surface area (Å²) in [6.45, 7) is 7.26. The molecule has 3 heterocycles. The number of urea groups is 1. The minimum absolute atomic E-state index is 0.0415. The van der Waals surface area contributed by atoms with Crippen molar-refractivity contribution in [3.8, 4) is 0 Å². The summed E-state index contributed by atoms with van der Waals surface area (Å²) in [6.07, 6.45) is 6.80. The summed E-state index contributed by atoms with van der Waals surface area (Å²) < 4.78 is 2.41. The molecule has 196 valence electrons. The topological polar surface area (TPSA) is 53.4 Å². The average molecular weight is 541 g/mol. The summed E-state index contributed by atoms with van der Waals surface area (Å²) in [4.78, 5) is 22.6. The van der Waals surface area contributed by atoms with Gasteiger partial charge in [0.15, 0.2) is 0 Å². The first kappa shape index (κ1) is 25.0. The highest BCUT2D eigenvalue weighted by Crippen LogP contribution is 2.40. The van der Waals surface area contributed by atoms with Gasteiger partial charge in [0.1, 0.15) is 5.82 Å². The molecule has 3 aromatic rings. The molecule has 1 saturated carbocycles. The van der Waals surface area contributed by atoms with Crippen molar-refractivity contribution in [2.45, 2.75) is 64.6 Å². The minimum Gasteiger partial charge on any atom is -0.334 e. The van der Waals surface area contributed by atoms with Crippen molar-refractivity contribution in [3.05, 3.63) is 63.4 Å². The fraction of sp³-hybridized carbons (Fsp3) is 0.517. The van der Waals surface area contributed by atoms with Gasteiger partial charge in [-0.15, -0.1) is 0 Å². The highest BCUT2D eigenvalue weighted by atomic mass is 35.5. The first-order chi connectivity index (χ1) is 17.9. The number of aromatic nitrogens is 2. The van der Waals surface area contributed by atoms with E-state index in [0.29, 0.717) is 22.6 Å². The Morgan fingerprint density at radius 3 is 2.68 bits per heavy atom. The number of rotatable bonds is 6. The fourth-order valence-corrected chi connectivity index (χ4v) is 6.68. The van der Waals surface area contributed by atoms with Crippen LogP contribution in [-0.2, 0) is 19.5 Å². The molecule has 1 atom stereocenters. The molecule has 37 heavy (non-hydrogen) atoms. The largest absolute Gasteiger partial charge is 0.334 e. The third-order valence-corrected chi connectivity index (χ3v) is 9.09. The molecule has 2 aromatic carbocycles. The first-order valence-corrected chi connectivity index (χ1v) is 14.4. The number of carbonyl (C=O) groups is 1. The van der Waals surface area contributed by atoms with Crippen LogP contribution < -0.4 is 5.32 Å². The Labute approximate surface area is 228 Å². The number of hydrogen-bond acceptors (Lipinski definition) is 3. The standard InChI is InChI=1S/C29H35Cl2N5O/c1-2-27-33-25-15-20(5-9-26(25)36(27)22-6-7-22)16-32-28(37)35-12-3-10-29(19-35)11-13-34(18-29)17-21-4-8-23(30)24(31)14-21/h4-5,8-9,14-15,22H,2-3,6-7,10-13,16-19H2,1H3,(H,32,37). The van der Waals surface area contributed by atoms with E-state index in [4.69, 9.17) is 28.2 Å². The molecule has 1 spiro atoms. The number of hydrogen-bond donors (Lipinski definition) is 1. The molecule has 2 saturated heterocycles. The number of benzene rings is 2. The molecule has 2 amide bonds. The van der Waals surface area contributed by atoms with Crippen molar-refractivity contribution < 1.29 is 4.79 Å². The second-order valence-electron chi connectivity index (χ2n) is 11.2. The lowest BCUT2D eigenvalue weighted by Gasteiger charge is -2.40. The molecule has 2 aliphatic heterocycles. The maximum Gasteiger partial charge on any atom is 0.317 e. The monoisotopic (exact) mass is 539 g/mol. The Morgan fingerprint density at radius 2 is 1.89 bits per heavy atom. The molecular weight excluding hydrogens is 505 g/mol. The van der Waals surface area contributed by atoms with Crippen molar-refractivity contribution in [3.63, 3.8) is 0 Å². The lowest BCUT2D eigenvalue weighted by Crippen LogP contribution is -2.50. The predicted molar refractivity (Wildman–Crippen MR) is 149 cm³/mol. The normalized spacial score (nSPS) is 22.3. The van der Waals surface area contributed by atoms with Crippen LogP contribution in [0.15, 0.2) is 36.4 Å². The molecule has 8 heteroatoms. The Balaban J connectivity index is 1.06. The van der Waals surface area contributed by atoms with Gasteiger partial charge < -0.3 is 14.8 Å². The minimum atomic E-state index is 0.0415. The Morgan fingerprint density at radius 1 is 1.05 bits per heavy atom. The van der Waals surface area contributed by atoms with E-state index in [2.05, 4.69) is 46.0 Å². The molecule has 1 aromatic heterocycles. The SMILES string of the molecule is CCc1nc2cc(CNC(=O)N3CCCC4(CCN(Cc5ccc(Cl)c(Cl)c5)C4)C3)ccc2n1C1CC1. The van der Waals surface area contributed by atoms with Crippen LogP contribution in [0.4, 0.5) is 4.79 Å². The highest BCUT2D eigenvalue weighted by molar-refractivity contribution is 6.42. The van der Waals surface area contributed by atoms with E-state index in [9.17, 15) is 4.79 Å². The second-order valence-corrected chi connectivity index (χ2v) is 12.0. The molecule has 1 unspecified atom stereocenters. The summed E-state index contributed by atoms with van der Waals surface area (Å²) >= 11 is 12.3. The predicted octanol–water partition coefficient (Wildman–Crippen LogP) is 6.44. The second kappa shape index (κ2) is 10.1. The summed E-state index contributed by atoms with van der Waals surface area (Å²) in [5, 5.41) is 4.38. The van der Waals surface area contributed by atoms with Gasteiger partial charge in [0.2, 0.25) is 0 Å². The Hall–Kier alpha value is -2.28. The van der Waals surface area contributed by atoms with Crippen LogP contribution in [-0.4, -0.2) is 51.6 Å². The van der Waals surface area contributed by atoms with Crippen LogP contribution in [0.3, 0.4) is 0 Å². The molecule has 6 rings (SSSR count). The number of imidazole rings is 1. The van der Waals surface area contributed by atoms with Crippen molar-refractivity contribution >= 4 is 40.3 Å². The van der Waals surface area contributed by atoms with Crippen molar-refractivity contribution in [1.82, 2.24) is 24.7 Å². The summed E-state index contributed by atoms with van der Waals surface area (Å²) in [6, 6.07) is 13.0. The van der Waals surface area contributed by atoms with Crippen molar-refractivity contribution in [2.75, 3.05) is 26.2 Å².